The van der Waals surface area contributed by atoms with Gasteiger partial charge in [-0.3, -0.25) is 4.79 Å². The van der Waals surface area contributed by atoms with E-state index in [1.807, 2.05) is 56.3 Å². The summed E-state index contributed by atoms with van der Waals surface area (Å²) in [7, 11) is -3.86. The van der Waals surface area contributed by atoms with Crippen molar-refractivity contribution in [2.24, 2.45) is 0 Å². The van der Waals surface area contributed by atoms with Gasteiger partial charge in [0.25, 0.3) is 0 Å². The zero-order chi connectivity index (χ0) is 26.7. The summed E-state index contributed by atoms with van der Waals surface area (Å²) in [6.07, 6.45) is 2.23. The minimum Gasteiger partial charge on any atom is -0.466 e. The van der Waals surface area contributed by atoms with E-state index in [0.29, 0.717) is 26.1 Å². The van der Waals surface area contributed by atoms with Crippen molar-refractivity contribution < 1.29 is 17.9 Å². The summed E-state index contributed by atoms with van der Waals surface area (Å²) >= 11 is 0. The molecule has 1 atom stereocenters. The monoisotopic (exact) mass is 530 g/mol. The number of sulfonamides is 1. The standard InChI is InChI=1S/C31H34N2O4S/c1-3-4-20-37-30(34)21-29-31-27(18-19-33(29)38(35,36)25-16-14-23(2)15-17-25)26-12-8-9-13-28(26)32(31)22-24-10-6-5-7-11-24/h5-17,29H,3-4,18-22H2,1-2H3. The highest BCUT2D eigenvalue weighted by Crippen LogP contribution is 2.42. The Kier molecular flexibility index (Phi) is 7.68. The van der Waals surface area contributed by atoms with Crippen molar-refractivity contribution in [2.45, 2.75) is 57.0 Å². The highest BCUT2D eigenvalue weighted by Gasteiger charge is 2.41. The quantitative estimate of drug-likeness (QED) is 0.196. The number of aromatic nitrogens is 1. The lowest BCUT2D eigenvalue weighted by molar-refractivity contribution is -0.145. The molecular formula is C31H34N2O4S. The number of nitrogens with zero attached hydrogens (tertiary/aromatic N) is 2. The number of fused-ring (bicyclic) bond motifs is 3. The number of hydrogen-bond donors (Lipinski definition) is 0. The second-order valence-corrected chi connectivity index (χ2v) is 11.8. The van der Waals surface area contributed by atoms with Crippen molar-refractivity contribution in [2.75, 3.05) is 13.2 Å². The van der Waals surface area contributed by atoms with E-state index in [0.717, 1.165) is 46.1 Å². The number of hydrogen-bond acceptors (Lipinski definition) is 4. The molecule has 3 aromatic carbocycles. The molecule has 0 bridgehead atoms. The van der Waals surface area contributed by atoms with Crippen molar-refractivity contribution in [3.63, 3.8) is 0 Å². The largest absolute Gasteiger partial charge is 0.466 e. The van der Waals surface area contributed by atoms with Gasteiger partial charge in [-0.2, -0.15) is 4.31 Å². The molecule has 1 aliphatic rings. The lowest BCUT2D eigenvalue weighted by Crippen LogP contribution is -2.42. The van der Waals surface area contributed by atoms with E-state index >= 15 is 0 Å². The number of rotatable bonds is 9. The molecule has 6 nitrogen and oxygen atoms in total. The number of carbonyl (C=O) groups is 1. The average Bonchev–Trinajstić information content (AvgIpc) is 3.23. The lowest BCUT2D eigenvalue weighted by atomic mass is 9.97. The van der Waals surface area contributed by atoms with Crippen LogP contribution in [0.1, 0.15) is 54.6 Å². The van der Waals surface area contributed by atoms with Crippen molar-refractivity contribution in [1.29, 1.82) is 0 Å². The van der Waals surface area contributed by atoms with Crippen LogP contribution in [-0.4, -0.2) is 36.4 Å². The maximum Gasteiger partial charge on any atom is 0.307 e. The molecule has 0 N–H and O–H groups in total. The van der Waals surface area contributed by atoms with Gasteiger partial charge < -0.3 is 9.30 Å². The normalized spacial score (nSPS) is 15.9. The molecule has 198 valence electrons. The molecule has 1 unspecified atom stereocenters. The number of esters is 1. The Morgan fingerprint density at radius 2 is 1.68 bits per heavy atom. The van der Waals surface area contributed by atoms with Gasteiger partial charge in [-0.05, 0) is 49.1 Å². The Bertz CT molecular complexity index is 1530. The van der Waals surface area contributed by atoms with Gasteiger partial charge in [-0.25, -0.2) is 8.42 Å². The van der Waals surface area contributed by atoms with Crippen LogP contribution in [0.3, 0.4) is 0 Å². The predicted octanol–water partition coefficient (Wildman–Crippen LogP) is 6.02. The van der Waals surface area contributed by atoms with Gasteiger partial charge >= 0.3 is 5.97 Å². The van der Waals surface area contributed by atoms with Crippen LogP contribution in [0, 0.1) is 6.92 Å². The third kappa shape index (κ3) is 5.13. The maximum absolute atomic E-state index is 14.0. The zero-order valence-electron chi connectivity index (χ0n) is 22.0. The van der Waals surface area contributed by atoms with Gasteiger partial charge in [-0.15, -0.1) is 0 Å². The molecule has 0 saturated heterocycles. The van der Waals surface area contributed by atoms with Gasteiger partial charge in [0.1, 0.15) is 0 Å². The van der Waals surface area contributed by atoms with Gasteiger partial charge in [0.2, 0.25) is 10.0 Å². The zero-order valence-corrected chi connectivity index (χ0v) is 22.8. The summed E-state index contributed by atoms with van der Waals surface area (Å²) in [5, 5.41) is 1.11. The van der Waals surface area contributed by atoms with E-state index in [9.17, 15) is 13.2 Å². The summed E-state index contributed by atoms with van der Waals surface area (Å²) in [6.45, 7) is 5.19. The van der Waals surface area contributed by atoms with Crippen LogP contribution < -0.4 is 0 Å². The number of benzene rings is 3. The molecule has 4 aromatic rings. The Labute approximate surface area is 224 Å². The number of carbonyl (C=O) groups excluding carboxylic acids is 1. The summed E-state index contributed by atoms with van der Waals surface area (Å²) < 4.78 is 37.3. The highest BCUT2D eigenvalue weighted by atomic mass is 32.2. The number of ether oxygens (including phenoxy) is 1. The second kappa shape index (κ2) is 11.1. The molecule has 1 aromatic heterocycles. The van der Waals surface area contributed by atoms with Crippen molar-refractivity contribution in [1.82, 2.24) is 8.87 Å². The molecule has 7 heteroatoms. The van der Waals surface area contributed by atoms with Gasteiger partial charge in [0, 0.05) is 29.7 Å². The molecule has 1 aliphatic heterocycles. The SMILES string of the molecule is CCCCOC(=O)CC1c2c(c3ccccc3n2Cc2ccccc2)CCN1S(=O)(=O)c1ccc(C)cc1. The van der Waals surface area contributed by atoms with Gasteiger partial charge in [0.15, 0.2) is 0 Å². The molecule has 0 aliphatic carbocycles. The minimum absolute atomic E-state index is 0.0348. The Balaban J connectivity index is 1.64. The third-order valence-corrected chi connectivity index (χ3v) is 9.22. The first-order valence-electron chi connectivity index (χ1n) is 13.3. The Morgan fingerprint density at radius 1 is 0.974 bits per heavy atom. The van der Waals surface area contributed by atoms with Crippen LogP contribution in [0.2, 0.25) is 0 Å². The van der Waals surface area contributed by atoms with E-state index in [1.165, 1.54) is 4.31 Å². The summed E-state index contributed by atoms with van der Waals surface area (Å²) in [6, 6.07) is 24.6. The Morgan fingerprint density at radius 3 is 2.42 bits per heavy atom. The topological polar surface area (TPSA) is 68.6 Å². The van der Waals surface area contributed by atoms with Crippen LogP contribution >= 0.6 is 0 Å². The predicted molar refractivity (Wildman–Crippen MR) is 149 cm³/mol. The fourth-order valence-electron chi connectivity index (χ4n) is 5.37. The van der Waals surface area contributed by atoms with Crippen LogP contribution in [0.15, 0.2) is 83.8 Å². The molecule has 0 saturated carbocycles. The van der Waals surface area contributed by atoms with E-state index in [2.05, 4.69) is 28.8 Å². The molecule has 0 radical (unpaired) electrons. The summed E-state index contributed by atoms with van der Waals surface area (Å²) in [4.78, 5) is 13.3. The van der Waals surface area contributed by atoms with Gasteiger partial charge in [0.05, 0.1) is 24.0 Å². The van der Waals surface area contributed by atoms with Crippen LogP contribution in [0.4, 0.5) is 0 Å². The van der Waals surface area contributed by atoms with Crippen LogP contribution in [-0.2, 0) is 32.5 Å². The molecule has 0 amide bonds. The molecule has 0 fully saturated rings. The first kappa shape index (κ1) is 26.2. The minimum atomic E-state index is -3.86. The highest BCUT2D eigenvalue weighted by molar-refractivity contribution is 7.89. The Hall–Kier alpha value is -3.42. The van der Waals surface area contributed by atoms with Crippen LogP contribution in [0.5, 0.6) is 0 Å². The first-order valence-corrected chi connectivity index (χ1v) is 14.7. The van der Waals surface area contributed by atoms with E-state index in [-0.39, 0.29) is 17.3 Å². The number of unbranched alkanes of at least 4 members (excludes halogenated alkanes) is 1. The fraction of sp³-hybridized carbons (Fsp3) is 0.323. The van der Waals surface area contributed by atoms with E-state index < -0.39 is 16.1 Å². The number of para-hydroxylation sites is 1. The second-order valence-electron chi connectivity index (χ2n) is 9.93. The maximum atomic E-state index is 14.0. The van der Waals surface area contributed by atoms with Crippen molar-refractivity contribution in [3.05, 3.63) is 101 Å². The fourth-order valence-corrected chi connectivity index (χ4v) is 6.96. The van der Waals surface area contributed by atoms with Crippen molar-refractivity contribution in [3.8, 4) is 0 Å². The smallest absolute Gasteiger partial charge is 0.307 e. The first-order chi connectivity index (χ1) is 18.4. The van der Waals surface area contributed by atoms with Crippen LogP contribution in [0.25, 0.3) is 10.9 Å². The van der Waals surface area contributed by atoms with E-state index in [1.54, 1.807) is 12.1 Å². The molecule has 0 spiro atoms. The lowest BCUT2D eigenvalue weighted by Gasteiger charge is -2.36. The summed E-state index contributed by atoms with van der Waals surface area (Å²) in [5.74, 6) is -0.378. The summed E-state index contributed by atoms with van der Waals surface area (Å²) in [5.41, 5.74) is 5.13. The molecule has 38 heavy (non-hydrogen) atoms. The van der Waals surface area contributed by atoms with Gasteiger partial charge in [-0.1, -0.05) is 79.6 Å². The van der Waals surface area contributed by atoms with Crippen molar-refractivity contribution >= 4 is 26.9 Å². The van der Waals surface area contributed by atoms with E-state index in [4.69, 9.17) is 4.74 Å². The average molecular weight is 531 g/mol. The molecule has 5 rings (SSSR count). The molecular weight excluding hydrogens is 496 g/mol. The number of aryl methyl sites for hydroxylation is 1. The molecule has 2 heterocycles. The third-order valence-electron chi connectivity index (χ3n) is 7.30.